The minimum absolute atomic E-state index is 0.267. The number of anilines is 1. The summed E-state index contributed by atoms with van der Waals surface area (Å²) in [6.45, 7) is 2.64. The minimum Gasteiger partial charge on any atom is -0.447 e. The average Bonchev–Trinajstić information content (AvgIpc) is 3.09. The molecule has 0 atom stereocenters. The van der Waals surface area contributed by atoms with Gasteiger partial charge in [0.15, 0.2) is 0 Å². The zero-order chi connectivity index (χ0) is 14.7. The van der Waals surface area contributed by atoms with Crippen LogP contribution in [-0.2, 0) is 24.9 Å². The second-order valence-electron chi connectivity index (χ2n) is 4.98. The SMILES string of the molecule is Cn1nccc1CNCc1ccc(N2CCOC2=O)cc1. The number of aromatic nitrogens is 2. The van der Waals surface area contributed by atoms with Gasteiger partial charge in [0.2, 0.25) is 0 Å². The summed E-state index contributed by atoms with van der Waals surface area (Å²) in [6, 6.07) is 9.95. The van der Waals surface area contributed by atoms with Gasteiger partial charge < -0.3 is 10.1 Å². The van der Waals surface area contributed by atoms with Crippen LogP contribution >= 0.6 is 0 Å². The van der Waals surface area contributed by atoms with Crippen molar-refractivity contribution in [1.29, 1.82) is 0 Å². The van der Waals surface area contributed by atoms with E-state index in [1.807, 2.05) is 42.1 Å². The number of cyclic esters (lactones) is 1. The van der Waals surface area contributed by atoms with Gasteiger partial charge in [0, 0.05) is 32.0 Å². The minimum atomic E-state index is -0.267. The van der Waals surface area contributed by atoms with E-state index in [0.717, 1.165) is 24.5 Å². The second-order valence-corrected chi connectivity index (χ2v) is 4.98. The number of benzene rings is 1. The number of nitrogens with zero attached hydrogens (tertiary/aromatic N) is 3. The van der Waals surface area contributed by atoms with Crippen LogP contribution in [0.3, 0.4) is 0 Å². The summed E-state index contributed by atoms with van der Waals surface area (Å²) in [5, 5.41) is 7.51. The summed E-state index contributed by atoms with van der Waals surface area (Å²) in [5.41, 5.74) is 3.20. The lowest BCUT2D eigenvalue weighted by Gasteiger charge is -2.13. The highest BCUT2D eigenvalue weighted by Gasteiger charge is 2.23. The van der Waals surface area contributed by atoms with Crippen LogP contribution in [0.5, 0.6) is 0 Å². The molecule has 1 saturated heterocycles. The summed E-state index contributed by atoms with van der Waals surface area (Å²) in [6.07, 6.45) is 1.53. The molecule has 6 heteroatoms. The lowest BCUT2D eigenvalue weighted by Crippen LogP contribution is -2.23. The van der Waals surface area contributed by atoms with E-state index >= 15 is 0 Å². The maximum absolute atomic E-state index is 11.5. The molecule has 6 nitrogen and oxygen atoms in total. The molecule has 1 amide bonds. The molecule has 0 spiro atoms. The highest BCUT2D eigenvalue weighted by molar-refractivity contribution is 5.89. The number of aryl methyl sites for hydroxylation is 1. The molecule has 2 aromatic rings. The van der Waals surface area contributed by atoms with Crippen molar-refractivity contribution in [2.24, 2.45) is 7.05 Å². The molecule has 0 radical (unpaired) electrons. The van der Waals surface area contributed by atoms with Crippen LogP contribution in [0, 0.1) is 0 Å². The van der Waals surface area contributed by atoms with Crippen LogP contribution in [0.25, 0.3) is 0 Å². The monoisotopic (exact) mass is 286 g/mol. The van der Waals surface area contributed by atoms with Gasteiger partial charge in [-0.05, 0) is 23.8 Å². The predicted molar refractivity (Wildman–Crippen MR) is 78.9 cm³/mol. The second kappa shape index (κ2) is 5.97. The summed E-state index contributed by atoms with van der Waals surface area (Å²) >= 11 is 0. The molecule has 1 fully saturated rings. The Kier molecular flexibility index (Phi) is 3.87. The third-order valence-electron chi connectivity index (χ3n) is 3.57. The Bertz CT molecular complexity index is 621. The molecular weight excluding hydrogens is 268 g/mol. The van der Waals surface area contributed by atoms with Gasteiger partial charge in [0.25, 0.3) is 0 Å². The molecule has 0 unspecified atom stereocenters. The van der Waals surface area contributed by atoms with Crippen LogP contribution in [0.2, 0.25) is 0 Å². The van der Waals surface area contributed by atoms with Crippen LogP contribution in [0.1, 0.15) is 11.3 Å². The number of hydrogen-bond donors (Lipinski definition) is 1. The Labute approximate surface area is 123 Å². The van der Waals surface area contributed by atoms with Crippen molar-refractivity contribution in [1.82, 2.24) is 15.1 Å². The van der Waals surface area contributed by atoms with Crippen molar-refractivity contribution in [3.8, 4) is 0 Å². The fourth-order valence-corrected chi connectivity index (χ4v) is 2.33. The standard InChI is InChI=1S/C15H18N4O2/c1-18-14(6-7-17-18)11-16-10-12-2-4-13(5-3-12)19-8-9-21-15(19)20/h2-7,16H,8-11H2,1H3. The van der Waals surface area contributed by atoms with Gasteiger partial charge in [0.05, 0.1) is 12.2 Å². The number of hydrogen-bond acceptors (Lipinski definition) is 4. The van der Waals surface area contributed by atoms with Gasteiger partial charge in [-0.2, -0.15) is 5.10 Å². The first-order valence-corrected chi connectivity index (χ1v) is 6.95. The molecule has 0 aliphatic carbocycles. The molecule has 0 saturated carbocycles. The molecule has 1 aromatic heterocycles. The molecule has 1 N–H and O–H groups in total. The smallest absolute Gasteiger partial charge is 0.414 e. The van der Waals surface area contributed by atoms with E-state index in [-0.39, 0.29) is 6.09 Å². The number of ether oxygens (including phenoxy) is 1. The zero-order valence-electron chi connectivity index (χ0n) is 12.0. The van der Waals surface area contributed by atoms with Gasteiger partial charge in [-0.25, -0.2) is 4.79 Å². The van der Waals surface area contributed by atoms with Gasteiger partial charge in [-0.1, -0.05) is 12.1 Å². The van der Waals surface area contributed by atoms with Crippen molar-refractivity contribution in [2.75, 3.05) is 18.1 Å². The molecule has 3 rings (SSSR count). The zero-order valence-corrected chi connectivity index (χ0v) is 12.0. The molecule has 2 heterocycles. The van der Waals surface area contributed by atoms with E-state index in [1.165, 1.54) is 5.56 Å². The third-order valence-corrected chi connectivity index (χ3v) is 3.57. The van der Waals surface area contributed by atoms with Gasteiger partial charge in [0.1, 0.15) is 6.61 Å². The Morgan fingerprint density at radius 3 is 2.67 bits per heavy atom. The third kappa shape index (κ3) is 3.05. The average molecular weight is 286 g/mol. The maximum atomic E-state index is 11.5. The summed E-state index contributed by atoms with van der Waals surface area (Å²) < 4.78 is 6.79. The first-order chi connectivity index (χ1) is 10.2. The topological polar surface area (TPSA) is 59.4 Å². The van der Waals surface area contributed by atoms with Crippen molar-refractivity contribution in [2.45, 2.75) is 13.1 Å². The molecule has 1 aliphatic rings. The fraction of sp³-hybridized carbons (Fsp3) is 0.333. The molecule has 21 heavy (non-hydrogen) atoms. The Morgan fingerprint density at radius 2 is 2.05 bits per heavy atom. The van der Waals surface area contributed by atoms with Crippen molar-refractivity contribution in [3.05, 3.63) is 47.8 Å². The van der Waals surface area contributed by atoms with Crippen molar-refractivity contribution in [3.63, 3.8) is 0 Å². The van der Waals surface area contributed by atoms with E-state index in [4.69, 9.17) is 4.74 Å². The normalized spacial score (nSPS) is 14.5. The Hall–Kier alpha value is -2.34. The quantitative estimate of drug-likeness (QED) is 0.908. The van der Waals surface area contributed by atoms with E-state index < -0.39 is 0 Å². The number of amides is 1. The molecule has 110 valence electrons. The molecule has 1 aliphatic heterocycles. The predicted octanol–water partition coefficient (Wildman–Crippen LogP) is 1.67. The number of nitrogens with one attached hydrogen (secondary N) is 1. The highest BCUT2D eigenvalue weighted by Crippen LogP contribution is 2.19. The van der Waals surface area contributed by atoms with Gasteiger partial charge >= 0.3 is 6.09 Å². The molecule has 1 aromatic carbocycles. The first kappa shape index (κ1) is 13.6. The van der Waals surface area contributed by atoms with E-state index in [2.05, 4.69) is 10.4 Å². The van der Waals surface area contributed by atoms with Crippen LogP contribution in [-0.4, -0.2) is 29.0 Å². The maximum Gasteiger partial charge on any atom is 0.414 e. The molecular formula is C15H18N4O2. The summed E-state index contributed by atoms with van der Waals surface area (Å²) in [5.74, 6) is 0. The summed E-state index contributed by atoms with van der Waals surface area (Å²) in [4.78, 5) is 13.1. The lowest BCUT2D eigenvalue weighted by atomic mass is 10.2. The number of carbonyl (C=O) groups is 1. The van der Waals surface area contributed by atoms with Crippen LogP contribution in [0.4, 0.5) is 10.5 Å². The first-order valence-electron chi connectivity index (χ1n) is 6.95. The van der Waals surface area contributed by atoms with Crippen molar-refractivity contribution < 1.29 is 9.53 Å². The van der Waals surface area contributed by atoms with E-state index in [9.17, 15) is 4.79 Å². The fourth-order valence-electron chi connectivity index (χ4n) is 2.33. The largest absolute Gasteiger partial charge is 0.447 e. The van der Waals surface area contributed by atoms with E-state index in [0.29, 0.717) is 13.2 Å². The number of rotatable bonds is 5. The highest BCUT2D eigenvalue weighted by atomic mass is 16.6. The van der Waals surface area contributed by atoms with Gasteiger partial charge in [-0.3, -0.25) is 9.58 Å². The van der Waals surface area contributed by atoms with Crippen LogP contribution in [0.15, 0.2) is 36.5 Å². The lowest BCUT2D eigenvalue weighted by molar-refractivity contribution is 0.181. The Balaban J connectivity index is 1.55. The number of carbonyl (C=O) groups excluding carboxylic acids is 1. The van der Waals surface area contributed by atoms with Crippen LogP contribution < -0.4 is 10.2 Å². The Morgan fingerprint density at radius 1 is 1.24 bits per heavy atom. The van der Waals surface area contributed by atoms with Gasteiger partial charge in [-0.15, -0.1) is 0 Å². The summed E-state index contributed by atoms with van der Waals surface area (Å²) in [7, 11) is 1.93. The molecule has 0 bridgehead atoms. The van der Waals surface area contributed by atoms with Crippen molar-refractivity contribution >= 4 is 11.8 Å². The van der Waals surface area contributed by atoms with E-state index in [1.54, 1.807) is 11.1 Å².